The second kappa shape index (κ2) is 7.77. The summed E-state index contributed by atoms with van der Waals surface area (Å²) in [6, 6.07) is 12.6. The number of anilines is 4. The van der Waals surface area contributed by atoms with E-state index in [0.29, 0.717) is 18.2 Å². The standard InChI is InChI=1S/C19H18F2N4O/c1-3-26-14-9-7-13(8-10-14)24-17-11-18(23-12(2)22-17)25-19-15(20)5-4-6-16(19)21/h4-11H,3H2,1-2H3,(H2,22,23,24,25). The number of halogens is 2. The summed E-state index contributed by atoms with van der Waals surface area (Å²) in [6.07, 6.45) is 0. The lowest BCUT2D eigenvalue weighted by atomic mass is 10.3. The third-order valence-corrected chi connectivity index (χ3v) is 3.49. The Morgan fingerprint density at radius 1 is 0.923 bits per heavy atom. The van der Waals surface area contributed by atoms with Crippen LogP contribution in [0.3, 0.4) is 0 Å². The Bertz CT molecular complexity index is 880. The Morgan fingerprint density at radius 2 is 1.54 bits per heavy atom. The lowest BCUT2D eigenvalue weighted by Gasteiger charge is -2.12. The summed E-state index contributed by atoms with van der Waals surface area (Å²) in [6.45, 7) is 4.22. The van der Waals surface area contributed by atoms with Gasteiger partial charge in [0.15, 0.2) is 0 Å². The molecule has 0 spiro atoms. The van der Waals surface area contributed by atoms with Gasteiger partial charge in [0.25, 0.3) is 0 Å². The Kier molecular flexibility index (Phi) is 5.26. The molecule has 3 aromatic rings. The molecule has 134 valence electrons. The van der Waals surface area contributed by atoms with Gasteiger partial charge in [-0.2, -0.15) is 0 Å². The largest absolute Gasteiger partial charge is 0.494 e. The summed E-state index contributed by atoms with van der Waals surface area (Å²) in [4.78, 5) is 8.47. The Balaban J connectivity index is 1.81. The molecule has 0 saturated heterocycles. The van der Waals surface area contributed by atoms with Crippen molar-refractivity contribution in [3.63, 3.8) is 0 Å². The normalized spacial score (nSPS) is 10.5. The number of nitrogens with one attached hydrogen (secondary N) is 2. The van der Waals surface area contributed by atoms with Gasteiger partial charge in [0.2, 0.25) is 0 Å². The molecule has 26 heavy (non-hydrogen) atoms. The molecule has 0 radical (unpaired) electrons. The number of hydrogen-bond acceptors (Lipinski definition) is 5. The van der Waals surface area contributed by atoms with Crippen LogP contribution in [0.4, 0.5) is 31.8 Å². The number of aromatic nitrogens is 2. The lowest BCUT2D eigenvalue weighted by Crippen LogP contribution is -2.03. The smallest absolute Gasteiger partial charge is 0.149 e. The highest BCUT2D eigenvalue weighted by molar-refractivity contribution is 5.64. The fraction of sp³-hybridized carbons (Fsp3) is 0.158. The monoisotopic (exact) mass is 356 g/mol. The minimum absolute atomic E-state index is 0.252. The molecule has 0 fully saturated rings. The van der Waals surface area contributed by atoms with Crippen LogP contribution >= 0.6 is 0 Å². The molecule has 3 rings (SSSR count). The topological polar surface area (TPSA) is 59.1 Å². The first-order valence-electron chi connectivity index (χ1n) is 8.12. The van der Waals surface area contributed by atoms with Gasteiger partial charge >= 0.3 is 0 Å². The highest BCUT2D eigenvalue weighted by Crippen LogP contribution is 2.25. The average Bonchev–Trinajstić information content (AvgIpc) is 2.60. The molecule has 0 unspecified atom stereocenters. The molecule has 1 heterocycles. The molecular weight excluding hydrogens is 338 g/mol. The molecule has 2 aromatic carbocycles. The third-order valence-electron chi connectivity index (χ3n) is 3.49. The second-order valence-electron chi connectivity index (χ2n) is 5.49. The Hall–Kier alpha value is -3.22. The van der Waals surface area contributed by atoms with E-state index in [4.69, 9.17) is 4.74 Å². The van der Waals surface area contributed by atoms with Gasteiger partial charge in [-0.1, -0.05) is 6.07 Å². The molecule has 0 atom stereocenters. The van der Waals surface area contributed by atoms with E-state index in [1.807, 2.05) is 31.2 Å². The zero-order valence-corrected chi connectivity index (χ0v) is 14.4. The maximum absolute atomic E-state index is 13.8. The maximum Gasteiger partial charge on any atom is 0.149 e. The third kappa shape index (κ3) is 4.24. The lowest BCUT2D eigenvalue weighted by molar-refractivity contribution is 0.340. The first kappa shape index (κ1) is 17.6. The van der Waals surface area contributed by atoms with Crippen LogP contribution in [0.15, 0.2) is 48.5 Å². The van der Waals surface area contributed by atoms with Crippen LogP contribution in [0.1, 0.15) is 12.7 Å². The van der Waals surface area contributed by atoms with Crippen LogP contribution in [0.2, 0.25) is 0 Å². The molecule has 0 aliphatic heterocycles. The minimum Gasteiger partial charge on any atom is -0.494 e. The van der Waals surface area contributed by atoms with E-state index in [1.54, 1.807) is 13.0 Å². The Labute approximate surface area is 150 Å². The van der Waals surface area contributed by atoms with Crippen LogP contribution in [-0.4, -0.2) is 16.6 Å². The van der Waals surface area contributed by atoms with Crippen molar-refractivity contribution in [2.24, 2.45) is 0 Å². The number of rotatable bonds is 6. The number of para-hydroxylation sites is 1. The molecule has 0 amide bonds. The van der Waals surface area contributed by atoms with Gasteiger partial charge in [0, 0.05) is 11.8 Å². The molecule has 0 aliphatic rings. The van der Waals surface area contributed by atoms with Crippen molar-refractivity contribution < 1.29 is 13.5 Å². The number of nitrogens with zero attached hydrogens (tertiary/aromatic N) is 2. The fourth-order valence-corrected chi connectivity index (χ4v) is 2.39. The van der Waals surface area contributed by atoms with Crippen molar-refractivity contribution in [3.8, 4) is 5.75 Å². The molecule has 7 heteroatoms. The summed E-state index contributed by atoms with van der Waals surface area (Å²) >= 11 is 0. The van der Waals surface area contributed by atoms with E-state index >= 15 is 0 Å². The van der Waals surface area contributed by atoms with Crippen molar-refractivity contribution in [2.75, 3.05) is 17.2 Å². The van der Waals surface area contributed by atoms with Gasteiger partial charge in [-0.3, -0.25) is 0 Å². The number of hydrogen-bond donors (Lipinski definition) is 2. The maximum atomic E-state index is 13.8. The first-order valence-corrected chi connectivity index (χ1v) is 8.12. The fourth-order valence-electron chi connectivity index (χ4n) is 2.39. The van der Waals surface area contributed by atoms with Gasteiger partial charge in [0.05, 0.1) is 6.61 Å². The number of ether oxygens (including phenoxy) is 1. The van der Waals surface area contributed by atoms with Crippen LogP contribution in [-0.2, 0) is 0 Å². The van der Waals surface area contributed by atoms with E-state index in [0.717, 1.165) is 11.4 Å². The van der Waals surface area contributed by atoms with E-state index in [-0.39, 0.29) is 11.5 Å². The summed E-state index contributed by atoms with van der Waals surface area (Å²) in [5.74, 6) is 0.634. The van der Waals surface area contributed by atoms with Crippen LogP contribution in [0, 0.1) is 18.6 Å². The van der Waals surface area contributed by atoms with E-state index in [2.05, 4.69) is 20.6 Å². The minimum atomic E-state index is -0.692. The highest BCUT2D eigenvalue weighted by Gasteiger charge is 2.10. The van der Waals surface area contributed by atoms with Gasteiger partial charge in [-0.25, -0.2) is 18.7 Å². The summed E-state index contributed by atoms with van der Waals surface area (Å²) in [5, 5.41) is 5.81. The number of benzene rings is 2. The van der Waals surface area contributed by atoms with Crippen LogP contribution < -0.4 is 15.4 Å². The van der Waals surface area contributed by atoms with Gasteiger partial charge in [-0.15, -0.1) is 0 Å². The van der Waals surface area contributed by atoms with E-state index < -0.39 is 11.6 Å². The predicted octanol–water partition coefficient (Wildman–Crippen LogP) is 4.95. The van der Waals surface area contributed by atoms with Crippen molar-refractivity contribution in [3.05, 3.63) is 66.0 Å². The second-order valence-corrected chi connectivity index (χ2v) is 5.49. The van der Waals surface area contributed by atoms with E-state index in [1.165, 1.54) is 18.2 Å². The zero-order valence-electron chi connectivity index (χ0n) is 14.4. The van der Waals surface area contributed by atoms with Gasteiger partial charge < -0.3 is 15.4 Å². The van der Waals surface area contributed by atoms with Crippen molar-refractivity contribution in [2.45, 2.75) is 13.8 Å². The first-order chi connectivity index (χ1) is 12.5. The van der Waals surface area contributed by atoms with Crippen LogP contribution in [0.25, 0.3) is 0 Å². The predicted molar refractivity (Wildman–Crippen MR) is 97.3 cm³/mol. The van der Waals surface area contributed by atoms with Crippen LogP contribution in [0.5, 0.6) is 5.75 Å². The SMILES string of the molecule is CCOc1ccc(Nc2cc(Nc3c(F)cccc3F)nc(C)n2)cc1. The molecule has 2 N–H and O–H groups in total. The molecule has 0 aliphatic carbocycles. The molecular formula is C19H18F2N4O. The van der Waals surface area contributed by atoms with Crippen molar-refractivity contribution in [1.29, 1.82) is 0 Å². The quantitative estimate of drug-likeness (QED) is 0.654. The average molecular weight is 356 g/mol. The van der Waals surface area contributed by atoms with Crippen molar-refractivity contribution >= 4 is 23.0 Å². The Morgan fingerprint density at radius 3 is 2.15 bits per heavy atom. The summed E-state index contributed by atoms with van der Waals surface area (Å²) < 4.78 is 33.0. The molecule has 5 nitrogen and oxygen atoms in total. The molecule has 0 bridgehead atoms. The number of aryl methyl sites for hydroxylation is 1. The zero-order chi connectivity index (χ0) is 18.5. The van der Waals surface area contributed by atoms with Crippen molar-refractivity contribution in [1.82, 2.24) is 9.97 Å². The molecule has 1 aromatic heterocycles. The molecule has 0 saturated carbocycles. The summed E-state index contributed by atoms with van der Waals surface area (Å²) in [7, 11) is 0. The van der Waals surface area contributed by atoms with E-state index in [9.17, 15) is 8.78 Å². The highest BCUT2D eigenvalue weighted by atomic mass is 19.1. The summed E-state index contributed by atoms with van der Waals surface area (Å²) in [5.41, 5.74) is 0.548. The van der Waals surface area contributed by atoms with Gasteiger partial charge in [-0.05, 0) is 50.2 Å². The van der Waals surface area contributed by atoms with Gasteiger partial charge in [0.1, 0.15) is 40.5 Å².